The van der Waals surface area contributed by atoms with Gasteiger partial charge in [0, 0.05) is 6.54 Å². The van der Waals surface area contributed by atoms with Gasteiger partial charge >= 0.3 is 12.0 Å². The summed E-state index contributed by atoms with van der Waals surface area (Å²) in [5.41, 5.74) is -1.43. The molecule has 1 heterocycles. The third kappa shape index (κ3) is 1.65. The molecule has 0 fully saturated rings. The highest BCUT2D eigenvalue weighted by molar-refractivity contribution is 5.27. The van der Waals surface area contributed by atoms with Crippen LogP contribution < -0.4 is 0 Å². The van der Waals surface area contributed by atoms with Crippen LogP contribution in [0.3, 0.4) is 0 Å². The molecule has 9 heteroatoms. The van der Waals surface area contributed by atoms with Crippen molar-refractivity contribution in [1.82, 2.24) is 15.0 Å². The largest absolute Gasteiger partial charge is 0.441 e. The fourth-order valence-corrected chi connectivity index (χ4v) is 0.921. The molecule has 0 aliphatic carbocycles. The predicted octanol–water partition coefficient (Wildman–Crippen LogP) is 1.22. The van der Waals surface area contributed by atoms with Crippen molar-refractivity contribution in [1.29, 1.82) is 0 Å². The average molecular weight is 210 g/mol. The summed E-state index contributed by atoms with van der Waals surface area (Å²) in [6, 6.07) is 0. The molecule has 14 heavy (non-hydrogen) atoms. The normalized spacial score (nSPS) is 11.7. The lowest BCUT2D eigenvalue weighted by Gasteiger charge is -2.05. The van der Waals surface area contributed by atoms with Gasteiger partial charge in [-0.1, -0.05) is 0 Å². The standard InChI is InChI=1S/C5H5F3N4O2/c1-2-11-3(5(6,7)8)4(9-10-11)12(13)14/h2H2,1H3. The van der Waals surface area contributed by atoms with Gasteiger partial charge in [0.1, 0.15) is 5.10 Å². The predicted molar refractivity (Wildman–Crippen MR) is 37.4 cm³/mol. The minimum atomic E-state index is -4.82. The Morgan fingerprint density at radius 1 is 1.57 bits per heavy atom. The van der Waals surface area contributed by atoms with Crippen LogP contribution in [0.2, 0.25) is 0 Å². The van der Waals surface area contributed by atoms with Crippen LogP contribution in [-0.4, -0.2) is 19.9 Å². The van der Waals surface area contributed by atoms with E-state index < -0.39 is 22.6 Å². The molecule has 6 nitrogen and oxygen atoms in total. The Morgan fingerprint density at radius 2 is 2.14 bits per heavy atom. The van der Waals surface area contributed by atoms with Crippen LogP contribution in [0.4, 0.5) is 19.0 Å². The Balaban J connectivity index is 3.34. The first-order valence-electron chi connectivity index (χ1n) is 3.53. The van der Waals surface area contributed by atoms with Crippen LogP contribution in [0.5, 0.6) is 0 Å². The van der Waals surface area contributed by atoms with Gasteiger partial charge in [0.2, 0.25) is 5.69 Å². The molecule has 0 N–H and O–H groups in total. The lowest BCUT2D eigenvalue weighted by Crippen LogP contribution is -2.15. The summed E-state index contributed by atoms with van der Waals surface area (Å²) < 4.78 is 37.3. The number of nitro groups is 1. The fourth-order valence-electron chi connectivity index (χ4n) is 0.921. The van der Waals surface area contributed by atoms with Crippen LogP contribution >= 0.6 is 0 Å². The van der Waals surface area contributed by atoms with Crippen molar-refractivity contribution < 1.29 is 18.1 Å². The van der Waals surface area contributed by atoms with E-state index in [1.165, 1.54) is 6.92 Å². The molecule has 0 aliphatic heterocycles. The topological polar surface area (TPSA) is 73.8 Å². The molecule has 0 amide bonds. The van der Waals surface area contributed by atoms with Crippen molar-refractivity contribution >= 4 is 5.82 Å². The minimum Gasteiger partial charge on any atom is -0.358 e. The number of hydrogen-bond acceptors (Lipinski definition) is 4. The van der Waals surface area contributed by atoms with Crippen molar-refractivity contribution in [3.05, 3.63) is 15.8 Å². The smallest absolute Gasteiger partial charge is 0.358 e. The molecule has 0 aliphatic rings. The van der Waals surface area contributed by atoms with Gasteiger partial charge in [0.05, 0.1) is 5.21 Å². The van der Waals surface area contributed by atoms with Gasteiger partial charge in [-0.2, -0.15) is 13.2 Å². The SMILES string of the molecule is CCn1nnc([N+](=O)[O-])c1C(F)(F)F. The average Bonchev–Trinajstić information content (AvgIpc) is 2.45. The van der Waals surface area contributed by atoms with E-state index in [1.54, 1.807) is 0 Å². The lowest BCUT2D eigenvalue weighted by atomic mass is 10.4. The second-order valence-corrected chi connectivity index (χ2v) is 2.33. The van der Waals surface area contributed by atoms with Crippen LogP contribution in [0.25, 0.3) is 0 Å². The van der Waals surface area contributed by atoms with E-state index in [2.05, 4.69) is 10.3 Å². The molecule has 1 aromatic heterocycles. The van der Waals surface area contributed by atoms with Gasteiger partial charge in [-0.15, -0.1) is 0 Å². The number of rotatable bonds is 2. The zero-order chi connectivity index (χ0) is 10.9. The summed E-state index contributed by atoms with van der Waals surface area (Å²) in [7, 11) is 0. The highest BCUT2D eigenvalue weighted by Crippen LogP contribution is 2.34. The molecule has 1 rings (SSSR count). The Labute approximate surface area is 75.5 Å². The monoisotopic (exact) mass is 210 g/mol. The molecule has 0 saturated carbocycles. The first kappa shape index (κ1) is 10.4. The molecule has 0 radical (unpaired) electrons. The highest BCUT2D eigenvalue weighted by atomic mass is 19.4. The number of alkyl halides is 3. The fraction of sp³-hybridized carbons (Fsp3) is 0.600. The summed E-state index contributed by atoms with van der Waals surface area (Å²) in [5, 5.41) is 16.1. The Morgan fingerprint density at radius 3 is 2.50 bits per heavy atom. The van der Waals surface area contributed by atoms with E-state index >= 15 is 0 Å². The molecule has 0 saturated heterocycles. The quantitative estimate of drug-likeness (QED) is 0.543. The molecule has 0 atom stereocenters. The van der Waals surface area contributed by atoms with Crippen LogP contribution in [0, 0.1) is 10.1 Å². The number of halogens is 3. The van der Waals surface area contributed by atoms with E-state index in [-0.39, 0.29) is 6.54 Å². The maximum absolute atomic E-state index is 12.3. The zero-order valence-corrected chi connectivity index (χ0v) is 6.95. The van der Waals surface area contributed by atoms with E-state index in [0.717, 1.165) is 0 Å². The number of aromatic nitrogens is 3. The van der Waals surface area contributed by atoms with Crippen molar-refractivity contribution in [2.75, 3.05) is 0 Å². The maximum atomic E-state index is 12.3. The van der Waals surface area contributed by atoms with Gasteiger partial charge < -0.3 is 10.1 Å². The third-order valence-corrected chi connectivity index (χ3v) is 1.46. The first-order valence-corrected chi connectivity index (χ1v) is 3.53. The molecule has 78 valence electrons. The highest BCUT2D eigenvalue weighted by Gasteiger charge is 2.44. The lowest BCUT2D eigenvalue weighted by molar-refractivity contribution is -0.392. The van der Waals surface area contributed by atoms with Gasteiger partial charge in [0.25, 0.3) is 0 Å². The summed E-state index contributed by atoms with van der Waals surface area (Å²) in [6.07, 6.45) is -4.82. The van der Waals surface area contributed by atoms with E-state index in [4.69, 9.17) is 0 Å². The molecule has 1 aromatic rings. The molecule has 0 bridgehead atoms. The van der Waals surface area contributed by atoms with Crippen molar-refractivity contribution in [3.63, 3.8) is 0 Å². The zero-order valence-electron chi connectivity index (χ0n) is 6.95. The van der Waals surface area contributed by atoms with Gasteiger partial charge in [0.15, 0.2) is 0 Å². The molecular formula is C5H5F3N4O2. The Bertz CT molecular complexity index is 358. The van der Waals surface area contributed by atoms with Gasteiger partial charge in [-0.05, 0) is 11.8 Å². The van der Waals surface area contributed by atoms with Crippen molar-refractivity contribution in [3.8, 4) is 0 Å². The molecular weight excluding hydrogens is 205 g/mol. The molecule has 0 spiro atoms. The summed E-state index contributed by atoms with van der Waals surface area (Å²) in [4.78, 5) is 8.98. The number of aryl methyl sites for hydroxylation is 1. The number of nitrogens with zero attached hydrogens (tertiary/aromatic N) is 4. The van der Waals surface area contributed by atoms with Crippen molar-refractivity contribution in [2.45, 2.75) is 19.6 Å². The number of hydrogen-bond donors (Lipinski definition) is 0. The van der Waals surface area contributed by atoms with E-state index in [0.29, 0.717) is 4.68 Å². The Hall–Kier alpha value is -1.67. The maximum Gasteiger partial charge on any atom is 0.441 e. The summed E-state index contributed by atoms with van der Waals surface area (Å²) in [6.45, 7) is 1.25. The van der Waals surface area contributed by atoms with Crippen LogP contribution in [-0.2, 0) is 12.7 Å². The first-order chi connectivity index (χ1) is 6.38. The van der Waals surface area contributed by atoms with E-state index in [9.17, 15) is 23.3 Å². The molecule has 0 aromatic carbocycles. The van der Waals surface area contributed by atoms with Crippen LogP contribution in [0.15, 0.2) is 0 Å². The Kier molecular flexibility index (Phi) is 2.41. The molecule has 0 unspecified atom stereocenters. The van der Waals surface area contributed by atoms with Crippen molar-refractivity contribution in [2.24, 2.45) is 0 Å². The minimum absolute atomic E-state index is 0.129. The van der Waals surface area contributed by atoms with E-state index in [1.807, 2.05) is 0 Å². The second kappa shape index (κ2) is 3.24. The van der Waals surface area contributed by atoms with Gasteiger partial charge in [-0.25, -0.2) is 4.68 Å². The van der Waals surface area contributed by atoms with Crippen LogP contribution in [0.1, 0.15) is 12.6 Å². The second-order valence-electron chi connectivity index (χ2n) is 2.33. The summed E-state index contributed by atoms with van der Waals surface area (Å²) in [5.74, 6) is -1.26. The summed E-state index contributed by atoms with van der Waals surface area (Å²) >= 11 is 0. The third-order valence-electron chi connectivity index (χ3n) is 1.46. The van der Waals surface area contributed by atoms with Gasteiger partial charge in [-0.3, -0.25) is 0 Å².